The van der Waals surface area contributed by atoms with Gasteiger partial charge in [-0.25, -0.2) is 0 Å². The number of fused-ring (bicyclic) bond motifs is 1. The van der Waals surface area contributed by atoms with Gasteiger partial charge in [0.1, 0.15) is 11.5 Å². The van der Waals surface area contributed by atoms with E-state index in [2.05, 4.69) is 6.07 Å². The Morgan fingerprint density at radius 2 is 2.09 bits per heavy atom. The minimum Gasteiger partial charge on any atom is -0.508 e. The van der Waals surface area contributed by atoms with Gasteiger partial charge < -0.3 is 14.9 Å². The highest BCUT2D eigenvalue weighted by molar-refractivity contribution is 5.53. The Hall–Kier alpha value is -2.26. The monoisotopic (exact) mass is 296 g/mol. The van der Waals surface area contributed by atoms with Crippen LogP contribution in [0.3, 0.4) is 0 Å². The Kier molecular flexibility index (Phi) is 4.45. The van der Waals surface area contributed by atoms with Gasteiger partial charge in [0, 0.05) is 24.2 Å². The fourth-order valence-electron chi connectivity index (χ4n) is 2.72. The number of hydrogen-bond donors (Lipinski definition) is 2. The van der Waals surface area contributed by atoms with Crippen molar-refractivity contribution >= 4 is 6.08 Å². The van der Waals surface area contributed by atoms with Gasteiger partial charge >= 0.3 is 0 Å². The van der Waals surface area contributed by atoms with E-state index in [-0.39, 0.29) is 6.61 Å². The van der Waals surface area contributed by atoms with Crippen LogP contribution in [0, 0.1) is 0 Å². The van der Waals surface area contributed by atoms with Crippen LogP contribution in [0.2, 0.25) is 0 Å². The lowest BCUT2D eigenvalue weighted by Gasteiger charge is -2.05. The van der Waals surface area contributed by atoms with Gasteiger partial charge in [0.15, 0.2) is 0 Å². The number of phenols is 1. The Balaban J connectivity index is 1.71. The Morgan fingerprint density at radius 1 is 1.18 bits per heavy atom. The average molecular weight is 296 g/mol. The van der Waals surface area contributed by atoms with E-state index in [4.69, 9.17) is 9.84 Å². The van der Waals surface area contributed by atoms with Gasteiger partial charge in [-0.05, 0) is 36.1 Å². The summed E-state index contributed by atoms with van der Waals surface area (Å²) in [6, 6.07) is 11.8. The molecule has 0 unspecified atom stereocenters. The fraction of sp³-hybridized carbons (Fsp3) is 0.263. The zero-order valence-electron chi connectivity index (χ0n) is 12.5. The number of benzene rings is 2. The number of phenolic OH excluding ortho intramolecular Hbond substituents is 1. The number of ether oxygens (including phenoxy) is 1. The van der Waals surface area contributed by atoms with Crippen molar-refractivity contribution < 1.29 is 14.9 Å². The molecule has 1 heterocycles. The average Bonchev–Trinajstić information content (AvgIpc) is 2.95. The molecular formula is C19H20O3. The normalized spacial score (nSPS) is 13.3. The summed E-state index contributed by atoms with van der Waals surface area (Å²) in [4.78, 5) is 0. The van der Waals surface area contributed by atoms with Crippen molar-refractivity contribution in [2.45, 2.75) is 19.3 Å². The maximum Gasteiger partial charge on any atom is 0.123 e. The van der Waals surface area contributed by atoms with Crippen molar-refractivity contribution in [2.24, 2.45) is 0 Å². The van der Waals surface area contributed by atoms with Crippen LogP contribution in [0.15, 0.2) is 42.5 Å². The predicted molar refractivity (Wildman–Crippen MR) is 87.3 cm³/mol. The van der Waals surface area contributed by atoms with Crippen LogP contribution < -0.4 is 4.74 Å². The molecule has 0 aromatic heterocycles. The first-order valence-corrected chi connectivity index (χ1v) is 7.60. The van der Waals surface area contributed by atoms with Gasteiger partial charge in [0.25, 0.3) is 0 Å². The summed E-state index contributed by atoms with van der Waals surface area (Å²) in [5, 5.41) is 19.1. The molecule has 0 radical (unpaired) electrons. The second kappa shape index (κ2) is 6.67. The van der Waals surface area contributed by atoms with E-state index in [0.29, 0.717) is 25.2 Å². The zero-order valence-corrected chi connectivity index (χ0v) is 12.5. The summed E-state index contributed by atoms with van der Waals surface area (Å²) in [6.07, 6.45) is 6.27. The molecule has 22 heavy (non-hydrogen) atoms. The molecule has 1 aliphatic heterocycles. The van der Waals surface area contributed by atoms with Crippen LogP contribution in [0.4, 0.5) is 0 Å². The molecule has 2 aromatic carbocycles. The highest BCUT2D eigenvalue weighted by atomic mass is 16.5. The highest BCUT2D eigenvalue weighted by Crippen LogP contribution is 2.32. The number of hydrogen-bond acceptors (Lipinski definition) is 3. The lowest BCUT2D eigenvalue weighted by atomic mass is 10.0. The quantitative estimate of drug-likeness (QED) is 0.891. The van der Waals surface area contributed by atoms with Crippen LogP contribution in [0.5, 0.6) is 11.5 Å². The van der Waals surface area contributed by atoms with Crippen LogP contribution >= 0.6 is 0 Å². The Morgan fingerprint density at radius 3 is 2.95 bits per heavy atom. The van der Waals surface area contributed by atoms with Crippen molar-refractivity contribution in [3.8, 4) is 11.5 Å². The van der Waals surface area contributed by atoms with E-state index in [1.165, 1.54) is 0 Å². The molecule has 3 rings (SSSR count). The zero-order chi connectivity index (χ0) is 15.4. The van der Waals surface area contributed by atoms with Gasteiger partial charge in [-0.2, -0.15) is 0 Å². The lowest BCUT2D eigenvalue weighted by molar-refractivity contribution is 0.299. The fourth-order valence-corrected chi connectivity index (χ4v) is 2.72. The van der Waals surface area contributed by atoms with Crippen molar-refractivity contribution in [1.82, 2.24) is 0 Å². The molecule has 114 valence electrons. The summed E-state index contributed by atoms with van der Waals surface area (Å²) in [6.45, 7) is 0.863. The molecule has 2 aromatic rings. The van der Waals surface area contributed by atoms with E-state index in [0.717, 1.165) is 34.4 Å². The third kappa shape index (κ3) is 3.31. The van der Waals surface area contributed by atoms with Crippen LogP contribution in [0.1, 0.15) is 22.3 Å². The van der Waals surface area contributed by atoms with Crippen molar-refractivity contribution in [2.75, 3.05) is 13.2 Å². The van der Waals surface area contributed by atoms with E-state index in [1.54, 1.807) is 0 Å². The lowest BCUT2D eigenvalue weighted by Crippen LogP contribution is -1.90. The molecule has 3 nitrogen and oxygen atoms in total. The molecule has 0 saturated heterocycles. The number of aliphatic hydroxyl groups is 1. The maximum absolute atomic E-state index is 10.1. The largest absolute Gasteiger partial charge is 0.508 e. The predicted octanol–water partition coefficient (Wildman–Crippen LogP) is 3.12. The summed E-state index contributed by atoms with van der Waals surface area (Å²) >= 11 is 0. The third-order valence-corrected chi connectivity index (χ3v) is 3.89. The minimum absolute atomic E-state index is 0.163. The van der Waals surface area contributed by atoms with Crippen LogP contribution in [-0.4, -0.2) is 23.4 Å². The molecule has 0 atom stereocenters. The summed E-state index contributed by atoms with van der Waals surface area (Å²) < 4.78 is 5.54. The van der Waals surface area contributed by atoms with Crippen LogP contribution in [-0.2, 0) is 19.3 Å². The summed E-state index contributed by atoms with van der Waals surface area (Å²) in [5.74, 6) is 1.23. The molecule has 0 fully saturated rings. The molecule has 0 aliphatic carbocycles. The molecule has 3 heteroatoms. The number of aromatic hydroxyl groups is 1. The second-order valence-corrected chi connectivity index (χ2v) is 5.51. The van der Waals surface area contributed by atoms with E-state index in [9.17, 15) is 5.11 Å². The molecule has 0 bridgehead atoms. The van der Waals surface area contributed by atoms with Crippen molar-refractivity contribution in [3.05, 3.63) is 64.7 Å². The van der Waals surface area contributed by atoms with Crippen molar-refractivity contribution in [3.63, 3.8) is 0 Å². The number of allylic oxidation sites excluding steroid dienone is 1. The molecule has 0 saturated carbocycles. The maximum atomic E-state index is 10.1. The van der Waals surface area contributed by atoms with E-state index < -0.39 is 0 Å². The van der Waals surface area contributed by atoms with Gasteiger partial charge in [0.2, 0.25) is 0 Å². The first-order chi connectivity index (χ1) is 10.8. The van der Waals surface area contributed by atoms with Gasteiger partial charge in [-0.1, -0.05) is 36.4 Å². The number of aliphatic hydroxyl groups excluding tert-OH is 1. The first kappa shape index (κ1) is 14.7. The topological polar surface area (TPSA) is 49.7 Å². The van der Waals surface area contributed by atoms with E-state index in [1.807, 2.05) is 42.5 Å². The highest BCUT2D eigenvalue weighted by Gasteiger charge is 2.14. The van der Waals surface area contributed by atoms with Gasteiger partial charge in [-0.15, -0.1) is 0 Å². The number of rotatable bonds is 5. The minimum atomic E-state index is 0.163. The second-order valence-electron chi connectivity index (χ2n) is 5.51. The Bertz CT molecular complexity index is 689. The SMILES string of the molecule is OCCc1cccc(C=CCc2cc3c(cc2O)CCO3)c1. The summed E-state index contributed by atoms with van der Waals surface area (Å²) in [5.41, 5.74) is 4.19. The van der Waals surface area contributed by atoms with Crippen molar-refractivity contribution in [1.29, 1.82) is 0 Å². The van der Waals surface area contributed by atoms with Gasteiger partial charge in [-0.3, -0.25) is 0 Å². The van der Waals surface area contributed by atoms with Gasteiger partial charge in [0.05, 0.1) is 6.61 Å². The Labute approximate surface area is 130 Å². The molecule has 2 N–H and O–H groups in total. The van der Waals surface area contributed by atoms with E-state index >= 15 is 0 Å². The molecule has 0 spiro atoms. The molecular weight excluding hydrogens is 276 g/mol. The molecule has 0 amide bonds. The first-order valence-electron chi connectivity index (χ1n) is 7.60. The summed E-state index contributed by atoms with van der Waals surface area (Å²) in [7, 11) is 0. The molecule has 1 aliphatic rings. The standard InChI is InChI=1S/C19H20O3/c20-9-7-15-4-1-3-14(11-15)5-2-6-16-13-19-17(8-10-22-19)12-18(16)21/h1-5,11-13,20-21H,6-10H2. The third-order valence-electron chi connectivity index (χ3n) is 3.89. The smallest absolute Gasteiger partial charge is 0.123 e. The van der Waals surface area contributed by atoms with Crippen LogP contribution in [0.25, 0.3) is 6.08 Å².